The largest absolute Gasteiger partial charge is 0.311 e. The van der Waals surface area contributed by atoms with Gasteiger partial charge < -0.3 is 5.32 Å². The lowest BCUT2D eigenvalue weighted by Gasteiger charge is -2.56. The normalized spacial score (nSPS) is 23.2. The zero-order valence-electron chi connectivity index (χ0n) is 13.6. The van der Waals surface area contributed by atoms with Crippen LogP contribution in [0, 0.1) is 11.2 Å². The summed E-state index contributed by atoms with van der Waals surface area (Å²) in [5, 5.41) is 3.69. The quantitative estimate of drug-likeness (QED) is 0.842. The van der Waals surface area contributed by atoms with Gasteiger partial charge in [-0.1, -0.05) is 25.0 Å². The Kier molecular flexibility index (Phi) is 3.64. The zero-order chi connectivity index (χ0) is 15.1. The summed E-state index contributed by atoms with van der Waals surface area (Å²) in [4.78, 5) is 0. The van der Waals surface area contributed by atoms with Crippen LogP contribution in [0.5, 0.6) is 0 Å². The van der Waals surface area contributed by atoms with Gasteiger partial charge in [-0.3, -0.25) is 0 Å². The molecule has 1 aromatic rings. The van der Waals surface area contributed by atoms with Crippen molar-refractivity contribution in [3.63, 3.8) is 0 Å². The van der Waals surface area contributed by atoms with Crippen LogP contribution in [0.3, 0.4) is 0 Å². The van der Waals surface area contributed by atoms with E-state index in [9.17, 15) is 4.39 Å². The summed E-state index contributed by atoms with van der Waals surface area (Å²) < 4.78 is 13.3. The number of hydrogen-bond acceptors (Lipinski definition) is 1. The Morgan fingerprint density at radius 3 is 2.14 bits per heavy atom. The van der Waals surface area contributed by atoms with Crippen molar-refractivity contribution >= 4 is 0 Å². The second-order valence-corrected chi connectivity index (χ2v) is 8.45. The maximum atomic E-state index is 13.3. The Bertz CT molecular complexity index is 483. The van der Waals surface area contributed by atoms with E-state index in [-0.39, 0.29) is 16.8 Å². The van der Waals surface area contributed by atoms with Crippen molar-refractivity contribution in [1.82, 2.24) is 5.32 Å². The van der Waals surface area contributed by atoms with Gasteiger partial charge in [0, 0.05) is 17.5 Å². The zero-order valence-corrected chi connectivity index (χ0v) is 13.6. The first-order valence-corrected chi connectivity index (χ1v) is 8.34. The molecule has 0 aromatic heterocycles. The van der Waals surface area contributed by atoms with Crippen molar-refractivity contribution in [2.75, 3.05) is 6.54 Å². The predicted molar refractivity (Wildman–Crippen MR) is 86.0 cm³/mol. The minimum atomic E-state index is -0.132. The van der Waals surface area contributed by atoms with Gasteiger partial charge in [0.15, 0.2) is 0 Å². The fourth-order valence-corrected chi connectivity index (χ4v) is 4.53. The van der Waals surface area contributed by atoms with Crippen LogP contribution in [0.4, 0.5) is 4.39 Å². The Labute approximate surface area is 128 Å². The number of halogens is 1. The molecule has 2 aliphatic carbocycles. The van der Waals surface area contributed by atoms with E-state index in [1.54, 1.807) is 12.1 Å². The summed E-state index contributed by atoms with van der Waals surface area (Å²) in [6.45, 7) is 7.66. The molecule has 1 N–H and O–H groups in total. The van der Waals surface area contributed by atoms with Crippen LogP contribution in [-0.2, 0) is 5.41 Å². The summed E-state index contributed by atoms with van der Waals surface area (Å²) in [5.74, 6) is -0.132. The molecule has 0 amide bonds. The molecule has 21 heavy (non-hydrogen) atoms. The molecule has 1 aromatic carbocycles. The molecule has 0 bridgehead atoms. The molecular formula is C19H28FN. The SMILES string of the molecule is CC(C)(C)NCC1(c2ccc(F)cc2)CC2(CCCC2)C1. The van der Waals surface area contributed by atoms with Crippen molar-refractivity contribution in [3.8, 4) is 0 Å². The van der Waals surface area contributed by atoms with Gasteiger partial charge >= 0.3 is 0 Å². The summed E-state index contributed by atoms with van der Waals surface area (Å²) in [6.07, 6.45) is 8.12. The standard InChI is InChI=1S/C19H28FN/c1-17(2,3)21-14-19(15-6-8-16(20)9-7-15)12-18(13-19)10-4-5-11-18/h6-9,21H,4-5,10-14H2,1-3H3. The molecule has 3 rings (SSSR count). The molecule has 0 radical (unpaired) electrons. The van der Waals surface area contributed by atoms with E-state index >= 15 is 0 Å². The smallest absolute Gasteiger partial charge is 0.123 e. The average Bonchev–Trinajstić information content (AvgIpc) is 2.84. The van der Waals surface area contributed by atoms with Crippen LogP contribution < -0.4 is 5.32 Å². The molecule has 2 heteroatoms. The van der Waals surface area contributed by atoms with Crippen LogP contribution >= 0.6 is 0 Å². The highest BCUT2D eigenvalue weighted by molar-refractivity contribution is 5.32. The van der Waals surface area contributed by atoms with E-state index in [0.717, 1.165) is 6.54 Å². The number of rotatable bonds is 3. The fourth-order valence-electron chi connectivity index (χ4n) is 4.53. The first kappa shape index (κ1) is 15.0. The monoisotopic (exact) mass is 289 g/mol. The van der Waals surface area contributed by atoms with Crippen LogP contribution in [0.2, 0.25) is 0 Å². The molecule has 0 unspecified atom stereocenters. The van der Waals surface area contributed by atoms with Crippen molar-refractivity contribution in [2.24, 2.45) is 5.41 Å². The third-order valence-electron chi connectivity index (χ3n) is 5.50. The number of benzene rings is 1. The highest BCUT2D eigenvalue weighted by atomic mass is 19.1. The number of hydrogen-bond donors (Lipinski definition) is 1. The van der Waals surface area contributed by atoms with E-state index in [4.69, 9.17) is 0 Å². The second-order valence-electron chi connectivity index (χ2n) is 8.45. The van der Waals surface area contributed by atoms with Crippen LogP contribution in [0.1, 0.15) is 64.9 Å². The first-order valence-electron chi connectivity index (χ1n) is 8.34. The van der Waals surface area contributed by atoms with E-state index in [1.807, 2.05) is 12.1 Å². The van der Waals surface area contributed by atoms with Gasteiger partial charge in [0.2, 0.25) is 0 Å². The molecule has 0 aliphatic heterocycles. The topological polar surface area (TPSA) is 12.0 Å². The fraction of sp³-hybridized carbons (Fsp3) is 0.684. The first-order chi connectivity index (χ1) is 9.83. The minimum Gasteiger partial charge on any atom is -0.311 e. The summed E-state index contributed by atoms with van der Waals surface area (Å²) >= 11 is 0. The highest BCUT2D eigenvalue weighted by Gasteiger charge is 2.55. The Morgan fingerprint density at radius 1 is 1.05 bits per heavy atom. The summed E-state index contributed by atoms with van der Waals surface area (Å²) in [7, 11) is 0. The minimum absolute atomic E-state index is 0.130. The molecule has 116 valence electrons. The van der Waals surface area contributed by atoms with Gasteiger partial charge in [-0.15, -0.1) is 0 Å². The molecule has 1 nitrogen and oxygen atoms in total. The van der Waals surface area contributed by atoms with Gasteiger partial charge in [-0.2, -0.15) is 0 Å². The van der Waals surface area contributed by atoms with Crippen LogP contribution in [0.25, 0.3) is 0 Å². The molecular weight excluding hydrogens is 261 g/mol. The molecule has 0 atom stereocenters. The van der Waals surface area contributed by atoms with Crippen molar-refractivity contribution in [1.29, 1.82) is 0 Å². The average molecular weight is 289 g/mol. The van der Waals surface area contributed by atoms with Crippen molar-refractivity contribution < 1.29 is 4.39 Å². The second kappa shape index (κ2) is 5.08. The van der Waals surface area contributed by atoms with Gasteiger partial charge in [-0.25, -0.2) is 4.39 Å². The Morgan fingerprint density at radius 2 is 1.62 bits per heavy atom. The summed E-state index contributed by atoms with van der Waals surface area (Å²) in [5.41, 5.74) is 2.25. The lowest BCUT2D eigenvalue weighted by molar-refractivity contribution is 0.0230. The van der Waals surface area contributed by atoms with Gasteiger partial charge in [0.1, 0.15) is 5.82 Å². The molecule has 2 fully saturated rings. The van der Waals surface area contributed by atoms with E-state index in [1.165, 1.54) is 44.1 Å². The van der Waals surface area contributed by atoms with Crippen LogP contribution in [-0.4, -0.2) is 12.1 Å². The lowest BCUT2D eigenvalue weighted by Crippen LogP contribution is -2.56. The van der Waals surface area contributed by atoms with Crippen LogP contribution in [0.15, 0.2) is 24.3 Å². The van der Waals surface area contributed by atoms with Gasteiger partial charge in [-0.05, 0) is 69.6 Å². The van der Waals surface area contributed by atoms with E-state index in [0.29, 0.717) is 5.41 Å². The third-order valence-corrected chi connectivity index (χ3v) is 5.50. The third kappa shape index (κ3) is 3.01. The lowest BCUT2D eigenvalue weighted by atomic mass is 9.49. The molecule has 0 heterocycles. The molecule has 2 saturated carbocycles. The Hall–Kier alpha value is -0.890. The maximum Gasteiger partial charge on any atom is 0.123 e. The van der Waals surface area contributed by atoms with Crippen molar-refractivity contribution in [2.45, 2.75) is 70.3 Å². The molecule has 0 saturated heterocycles. The molecule has 2 aliphatic rings. The molecule has 1 spiro atoms. The number of nitrogens with one attached hydrogen (secondary N) is 1. The van der Waals surface area contributed by atoms with Crippen molar-refractivity contribution in [3.05, 3.63) is 35.6 Å². The predicted octanol–water partition coefficient (Wildman–Crippen LogP) is 4.81. The highest BCUT2D eigenvalue weighted by Crippen LogP contribution is 2.62. The van der Waals surface area contributed by atoms with E-state index < -0.39 is 0 Å². The summed E-state index contributed by atoms with van der Waals surface area (Å²) in [6, 6.07) is 7.24. The van der Waals surface area contributed by atoms with Gasteiger partial charge in [0.05, 0.1) is 0 Å². The van der Waals surface area contributed by atoms with Gasteiger partial charge in [0.25, 0.3) is 0 Å². The Balaban J connectivity index is 1.80. The van der Waals surface area contributed by atoms with E-state index in [2.05, 4.69) is 26.1 Å². The maximum absolute atomic E-state index is 13.3.